The van der Waals surface area contributed by atoms with E-state index in [0.717, 1.165) is 0 Å². The highest BCUT2D eigenvalue weighted by Gasteiger charge is 2.31. The lowest BCUT2D eigenvalue weighted by atomic mass is 10.2. The molecule has 0 saturated carbocycles. The largest absolute Gasteiger partial charge is 0.488 e. The van der Waals surface area contributed by atoms with Gasteiger partial charge in [0.1, 0.15) is 23.7 Å². The maximum Gasteiger partial charge on any atom is 0.323 e. The molecule has 1 fully saturated rings. The first-order chi connectivity index (χ1) is 8.60. The summed E-state index contributed by atoms with van der Waals surface area (Å²) in [6.07, 6.45) is 0.409. The minimum Gasteiger partial charge on any atom is -0.488 e. The first kappa shape index (κ1) is 13.3. The molecule has 1 heterocycles. The number of carbonyl (C=O) groups excluding carboxylic acids is 1. The monoisotopic (exact) mass is 317 g/mol. The maximum atomic E-state index is 12.9. The van der Waals surface area contributed by atoms with Gasteiger partial charge in [-0.05, 0) is 34.1 Å². The maximum absolute atomic E-state index is 12.9. The van der Waals surface area contributed by atoms with E-state index in [0.29, 0.717) is 23.2 Å². The molecule has 0 spiro atoms. The van der Waals surface area contributed by atoms with Crippen molar-refractivity contribution < 1.29 is 18.7 Å². The number of carbonyl (C=O) groups is 1. The van der Waals surface area contributed by atoms with Gasteiger partial charge in [-0.1, -0.05) is 0 Å². The van der Waals surface area contributed by atoms with Crippen LogP contribution in [0.15, 0.2) is 22.7 Å². The zero-order valence-electron chi connectivity index (χ0n) is 9.78. The topological polar surface area (TPSA) is 47.6 Å². The lowest BCUT2D eigenvalue weighted by molar-refractivity contribution is -0.142. The Labute approximate surface area is 113 Å². The van der Waals surface area contributed by atoms with Gasteiger partial charge in [-0.2, -0.15) is 0 Å². The van der Waals surface area contributed by atoms with Crippen molar-refractivity contribution in [3.63, 3.8) is 0 Å². The van der Waals surface area contributed by atoms with Crippen LogP contribution in [0.1, 0.15) is 6.42 Å². The highest BCUT2D eigenvalue weighted by atomic mass is 79.9. The van der Waals surface area contributed by atoms with Crippen LogP contribution in [0, 0.1) is 5.82 Å². The van der Waals surface area contributed by atoms with Crippen LogP contribution in [0.5, 0.6) is 5.75 Å². The summed E-state index contributed by atoms with van der Waals surface area (Å²) < 4.78 is 23.8. The third-order valence-corrected chi connectivity index (χ3v) is 3.38. The standard InChI is InChI=1S/C12H13BrFNO3/c1-17-12(16)10-5-8(6-15-10)18-11-3-2-7(14)4-9(11)13/h2-4,8,10,15H,5-6H2,1H3/t8-,10-/m0/s1. The third-order valence-electron chi connectivity index (χ3n) is 2.76. The zero-order valence-corrected chi connectivity index (χ0v) is 11.4. The van der Waals surface area contributed by atoms with Gasteiger partial charge in [0.05, 0.1) is 11.6 Å². The molecular weight excluding hydrogens is 305 g/mol. The smallest absolute Gasteiger partial charge is 0.323 e. The molecule has 98 valence electrons. The molecule has 1 aromatic rings. The Kier molecular flexibility index (Phi) is 4.19. The van der Waals surface area contributed by atoms with E-state index in [1.165, 1.54) is 19.2 Å². The lowest BCUT2D eigenvalue weighted by Crippen LogP contribution is -2.31. The molecule has 1 N–H and O–H groups in total. The molecule has 4 nitrogen and oxygen atoms in total. The second-order valence-corrected chi connectivity index (χ2v) is 4.89. The average Bonchev–Trinajstić information content (AvgIpc) is 2.80. The Balaban J connectivity index is 1.97. The number of benzene rings is 1. The number of rotatable bonds is 3. The normalized spacial score (nSPS) is 22.8. The summed E-state index contributed by atoms with van der Waals surface area (Å²) in [5, 5.41) is 3.02. The molecular formula is C12H13BrFNO3. The quantitative estimate of drug-likeness (QED) is 0.865. The molecule has 18 heavy (non-hydrogen) atoms. The van der Waals surface area contributed by atoms with Crippen LogP contribution in [0.25, 0.3) is 0 Å². The van der Waals surface area contributed by atoms with Crippen molar-refractivity contribution in [3.8, 4) is 5.75 Å². The van der Waals surface area contributed by atoms with Gasteiger partial charge in [0.2, 0.25) is 0 Å². The Bertz CT molecular complexity index is 455. The van der Waals surface area contributed by atoms with E-state index in [9.17, 15) is 9.18 Å². The minimum atomic E-state index is -0.334. The van der Waals surface area contributed by atoms with E-state index in [1.54, 1.807) is 6.07 Å². The summed E-state index contributed by atoms with van der Waals surface area (Å²) in [7, 11) is 1.36. The fourth-order valence-corrected chi connectivity index (χ4v) is 2.31. The van der Waals surface area contributed by atoms with Gasteiger partial charge in [0.15, 0.2) is 0 Å². The second kappa shape index (κ2) is 5.67. The van der Waals surface area contributed by atoms with Gasteiger partial charge in [-0.25, -0.2) is 4.39 Å². The summed E-state index contributed by atoms with van der Waals surface area (Å²) in [6.45, 7) is 0.559. The predicted octanol–water partition coefficient (Wildman–Crippen LogP) is 1.87. The average molecular weight is 318 g/mol. The number of hydrogen-bond donors (Lipinski definition) is 1. The molecule has 0 bridgehead atoms. The summed E-state index contributed by atoms with van der Waals surface area (Å²) in [6, 6.07) is 3.90. The van der Waals surface area contributed by atoms with Crippen LogP contribution in [-0.4, -0.2) is 31.8 Å². The van der Waals surface area contributed by atoms with Crippen LogP contribution < -0.4 is 10.1 Å². The van der Waals surface area contributed by atoms with E-state index in [-0.39, 0.29) is 23.9 Å². The van der Waals surface area contributed by atoms with E-state index in [2.05, 4.69) is 26.0 Å². The molecule has 2 atom stereocenters. The molecule has 1 aliphatic heterocycles. The first-order valence-electron chi connectivity index (χ1n) is 5.53. The summed E-state index contributed by atoms with van der Waals surface area (Å²) in [5.41, 5.74) is 0. The van der Waals surface area contributed by atoms with Crippen molar-refractivity contribution in [1.82, 2.24) is 5.32 Å². The van der Waals surface area contributed by atoms with Gasteiger partial charge in [-0.3, -0.25) is 4.79 Å². The molecule has 0 aromatic heterocycles. The van der Waals surface area contributed by atoms with Crippen LogP contribution in [-0.2, 0) is 9.53 Å². The molecule has 0 amide bonds. The van der Waals surface area contributed by atoms with E-state index in [1.807, 2.05) is 0 Å². The van der Waals surface area contributed by atoms with Crippen LogP contribution >= 0.6 is 15.9 Å². The molecule has 0 radical (unpaired) electrons. The van der Waals surface area contributed by atoms with Gasteiger partial charge in [0, 0.05) is 13.0 Å². The number of methoxy groups -OCH3 is 1. The highest BCUT2D eigenvalue weighted by molar-refractivity contribution is 9.10. The fourth-order valence-electron chi connectivity index (χ4n) is 1.87. The van der Waals surface area contributed by atoms with Crippen molar-refractivity contribution in [2.45, 2.75) is 18.6 Å². The zero-order chi connectivity index (χ0) is 13.1. The van der Waals surface area contributed by atoms with Gasteiger partial charge in [0.25, 0.3) is 0 Å². The van der Waals surface area contributed by atoms with E-state index in [4.69, 9.17) is 4.74 Å². The Morgan fingerprint density at radius 2 is 2.33 bits per heavy atom. The van der Waals surface area contributed by atoms with Gasteiger partial charge >= 0.3 is 5.97 Å². The van der Waals surface area contributed by atoms with Crippen molar-refractivity contribution in [2.24, 2.45) is 0 Å². The van der Waals surface area contributed by atoms with Crippen molar-refractivity contribution in [2.75, 3.05) is 13.7 Å². The van der Waals surface area contributed by atoms with Gasteiger partial charge in [-0.15, -0.1) is 0 Å². The minimum absolute atomic E-state index is 0.129. The Morgan fingerprint density at radius 3 is 3.00 bits per heavy atom. The van der Waals surface area contributed by atoms with Crippen LogP contribution in [0.4, 0.5) is 4.39 Å². The molecule has 1 aliphatic rings. The van der Waals surface area contributed by atoms with Gasteiger partial charge < -0.3 is 14.8 Å². The third kappa shape index (κ3) is 3.00. The Hall–Kier alpha value is -1.14. The number of ether oxygens (including phenoxy) is 2. The lowest BCUT2D eigenvalue weighted by Gasteiger charge is -2.14. The van der Waals surface area contributed by atoms with Crippen molar-refractivity contribution in [3.05, 3.63) is 28.5 Å². The highest BCUT2D eigenvalue weighted by Crippen LogP contribution is 2.27. The molecule has 0 unspecified atom stereocenters. The number of nitrogens with one attached hydrogen (secondary N) is 1. The Morgan fingerprint density at radius 1 is 1.56 bits per heavy atom. The van der Waals surface area contributed by atoms with Crippen LogP contribution in [0.3, 0.4) is 0 Å². The predicted molar refractivity (Wildman–Crippen MR) is 66.9 cm³/mol. The molecule has 1 saturated heterocycles. The number of halogens is 2. The fraction of sp³-hybridized carbons (Fsp3) is 0.417. The first-order valence-corrected chi connectivity index (χ1v) is 6.32. The number of hydrogen-bond acceptors (Lipinski definition) is 4. The summed E-state index contributed by atoms with van der Waals surface area (Å²) in [4.78, 5) is 11.3. The van der Waals surface area contributed by atoms with E-state index < -0.39 is 0 Å². The SMILES string of the molecule is COC(=O)[C@@H]1C[C@H](Oc2ccc(F)cc2Br)CN1. The second-order valence-electron chi connectivity index (χ2n) is 4.03. The summed E-state index contributed by atoms with van der Waals surface area (Å²) >= 11 is 3.24. The van der Waals surface area contributed by atoms with Crippen LogP contribution in [0.2, 0.25) is 0 Å². The molecule has 0 aliphatic carbocycles. The number of esters is 1. The molecule has 1 aromatic carbocycles. The van der Waals surface area contributed by atoms with Crippen molar-refractivity contribution in [1.29, 1.82) is 0 Å². The summed E-state index contributed by atoms with van der Waals surface area (Å²) in [5.74, 6) is -0.0563. The molecule has 6 heteroatoms. The molecule has 2 rings (SSSR count). The van der Waals surface area contributed by atoms with Crippen molar-refractivity contribution >= 4 is 21.9 Å². The van der Waals surface area contributed by atoms with E-state index >= 15 is 0 Å².